The fourth-order valence-electron chi connectivity index (χ4n) is 2.65. The Kier molecular flexibility index (Phi) is 9.12. The van der Waals surface area contributed by atoms with Gasteiger partial charge in [-0.3, -0.25) is 9.59 Å². The SMILES string of the molecule is COc1ccc(CNC(=O)C(C)OC(=O)CCNS(=O)(=O)c2ccc(F)c(F)c2)cc1OC. The molecule has 2 rings (SSSR count). The van der Waals surface area contributed by atoms with Crippen molar-refractivity contribution < 1.29 is 41.0 Å². The molecule has 0 spiro atoms. The number of esters is 1. The van der Waals surface area contributed by atoms with E-state index < -0.39 is 44.5 Å². The summed E-state index contributed by atoms with van der Waals surface area (Å²) in [4.78, 5) is 23.6. The average molecular weight is 486 g/mol. The lowest BCUT2D eigenvalue weighted by Crippen LogP contribution is -2.36. The number of halogens is 2. The average Bonchev–Trinajstić information content (AvgIpc) is 2.78. The number of rotatable bonds is 11. The first kappa shape index (κ1) is 26.0. The first-order valence-corrected chi connectivity index (χ1v) is 11.2. The van der Waals surface area contributed by atoms with Crippen molar-refractivity contribution in [3.05, 3.63) is 53.6 Å². The number of benzene rings is 2. The molecule has 0 aliphatic heterocycles. The maximum atomic E-state index is 13.2. The summed E-state index contributed by atoms with van der Waals surface area (Å²) in [5.41, 5.74) is 0.728. The van der Waals surface area contributed by atoms with E-state index in [2.05, 4.69) is 10.0 Å². The molecule has 0 aliphatic rings. The first-order chi connectivity index (χ1) is 15.6. The number of sulfonamides is 1. The normalized spacial score (nSPS) is 12.0. The highest BCUT2D eigenvalue weighted by Gasteiger charge is 2.20. The van der Waals surface area contributed by atoms with Crippen molar-refractivity contribution in [1.29, 1.82) is 0 Å². The second kappa shape index (κ2) is 11.6. The van der Waals surface area contributed by atoms with Crippen LogP contribution >= 0.6 is 0 Å². The van der Waals surface area contributed by atoms with Crippen molar-refractivity contribution >= 4 is 21.9 Å². The molecule has 0 fully saturated rings. The third-order valence-corrected chi connectivity index (χ3v) is 5.87. The number of carbonyl (C=O) groups is 2. The zero-order valence-electron chi connectivity index (χ0n) is 18.2. The monoisotopic (exact) mass is 486 g/mol. The van der Waals surface area contributed by atoms with Gasteiger partial charge in [0.25, 0.3) is 5.91 Å². The van der Waals surface area contributed by atoms with E-state index >= 15 is 0 Å². The Labute approximate surface area is 190 Å². The summed E-state index contributed by atoms with van der Waals surface area (Å²) < 4.78 is 67.8. The van der Waals surface area contributed by atoms with Gasteiger partial charge < -0.3 is 19.5 Å². The predicted octanol–water partition coefficient (Wildman–Crippen LogP) is 1.90. The van der Waals surface area contributed by atoms with Crippen molar-refractivity contribution in [2.75, 3.05) is 20.8 Å². The number of ether oxygens (including phenoxy) is 3. The van der Waals surface area contributed by atoms with E-state index in [0.29, 0.717) is 23.6 Å². The second-order valence-electron chi connectivity index (χ2n) is 6.76. The van der Waals surface area contributed by atoms with Crippen LogP contribution in [0.1, 0.15) is 18.9 Å². The van der Waals surface area contributed by atoms with Crippen molar-refractivity contribution in [3.63, 3.8) is 0 Å². The predicted molar refractivity (Wildman–Crippen MR) is 113 cm³/mol. The molecule has 2 aromatic carbocycles. The summed E-state index contributed by atoms with van der Waals surface area (Å²) >= 11 is 0. The van der Waals surface area contributed by atoms with Crippen LogP contribution in [0.4, 0.5) is 8.78 Å². The molecule has 2 N–H and O–H groups in total. The molecule has 0 saturated heterocycles. The second-order valence-corrected chi connectivity index (χ2v) is 8.53. The molecule has 33 heavy (non-hydrogen) atoms. The van der Waals surface area contributed by atoms with Gasteiger partial charge in [0.15, 0.2) is 29.2 Å². The third-order valence-electron chi connectivity index (χ3n) is 4.41. The van der Waals surface area contributed by atoms with Crippen molar-refractivity contribution in [2.45, 2.75) is 30.9 Å². The molecular weight excluding hydrogens is 462 g/mol. The standard InChI is InChI=1S/C21H24F2N2O7S/c1-13(21(27)24-12-14-4-7-18(30-2)19(10-14)31-3)32-20(26)8-9-25-33(28,29)15-5-6-16(22)17(23)11-15/h4-7,10-11,13,25H,8-9,12H2,1-3H3,(H,24,27). The minimum atomic E-state index is -4.15. The van der Waals surface area contributed by atoms with E-state index in [4.69, 9.17) is 14.2 Å². The lowest BCUT2D eigenvalue weighted by atomic mass is 10.2. The van der Waals surface area contributed by atoms with E-state index in [1.54, 1.807) is 18.2 Å². The van der Waals surface area contributed by atoms with Gasteiger partial charge in [0.05, 0.1) is 25.5 Å². The highest BCUT2D eigenvalue weighted by Crippen LogP contribution is 2.27. The smallest absolute Gasteiger partial charge is 0.307 e. The fraction of sp³-hybridized carbons (Fsp3) is 0.333. The molecule has 0 radical (unpaired) electrons. The molecule has 0 saturated carbocycles. The maximum Gasteiger partial charge on any atom is 0.307 e. The van der Waals surface area contributed by atoms with Gasteiger partial charge in [-0.2, -0.15) is 0 Å². The van der Waals surface area contributed by atoms with E-state index in [1.807, 2.05) is 0 Å². The summed E-state index contributed by atoms with van der Waals surface area (Å²) in [5.74, 6) is -2.84. The molecule has 1 atom stereocenters. The summed E-state index contributed by atoms with van der Waals surface area (Å²) in [6.45, 7) is 1.16. The molecule has 0 aromatic heterocycles. The Hall–Kier alpha value is -3.25. The summed E-state index contributed by atoms with van der Waals surface area (Å²) in [7, 11) is -1.16. The van der Waals surface area contributed by atoms with Crippen molar-refractivity contribution in [2.24, 2.45) is 0 Å². The Balaban J connectivity index is 1.80. The molecule has 180 valence electrons. The highest BCUT2D eigenvalue weighted by atomic mass is 32.2. The molecule has 0 aliphatic carbocycles. The van der Waals surface area contributed by atoms with Gasteiger partial charge >= 0.3 is 5.97 Å². The van der Waals surface area contributed by atoms with Crippen LogP contribution in [0.3, 0.4) is 0 Å². The topological polar surface area (TPSA) is 120 Å². The van der Waals surface area contributed by atoms with E-state index in [0.717, 1.165) is 11.6 Å². The van der Waals surface area contributed by atoms with Crippen LogP contribution in [0.25, 0.3) is 0 Å². The number of nitrogens with one attached hydrogen (secondary N) is 2. The largest absolute Gasteiger partial charge is 0.493 e. The van der Waals surface area contributed by atoms with E-state index in [9.17, 15) is 26.8 Å². The Bertz CT molecular complexity index is 1110. The number of methoxy groups -OCH3 is 2. The van der Waals surface area contributed by atoms with Gasteiger partial charge in [0, 0.05) is 13.1 Å². The third kappa shape index (κ3) is 7.39. The first-order valence-electron chi connectivity index (χ1n) is 9.70. The Morgan fingerprint density at radius 2 is 1.70 bits per heavy atom. The van der Waals surface area contributed by atoms with Crippen LogP contribution in [0.5, 0.6) is 11.5 Å². The lowest BCUT2D eigenvalue weighted by molar-refractivity contribution is -0.154. The van der Waals surface area contributed by atoms with Gasteiger partial charge in [-0.1, -0.05) is 6.07 Å². The van der Waals surface area contributed by atoms with E-state index in [-0.39, 0.29) is 19.5 Å². The number of hydrogen-bond acceptors (Lipinski definition) is 7. The minimum Gasteiger partial charge on any atom is -0.493 e. The lowest BCUT2D eigenvalue weighted by Gasteiger charge is -2.14. The summed E-state index contributed by atoms with van der Waals surface area (Å²) in [5, 5.41) is 2.61. The number of hydrogen-bond donors (Lipinski definition) is 2. The minimum absolute atomic E-state index is 0.148. The molecule has 0 bridgehead atoms. The maximum absolute atomic E-state index is 13.2. The molecular formula is C21H24F2N2O7S. The Morgan fingerprint density at radius 3 is 2.33 bits per heavy atom. The van der Waals surface area contributed by atoms with Crippen molar-refractivity contribution in [3.8, 4) is 11.5 Å². The molecule has 1 unspecified atom stereocenters. The van der Waals surface area contributed by atoms with Crippen LogP contribution in [-0.2, 0) is 30.9 Å². The van der Waals surface area contributed by atoms with Crippen LogP contribution in [0, 0.1) is 11.6 Å². The zero-order valence-corrected chi connectivity index (χ0v) is 19.0. The van der Waals surface area contributed by atoms with Crippen molar-refractivity contribution in [1.82, 2.24) is 10.0 Å². The summed E-state index contributed by atoms with van der Waals surface area (Å²) in [6, 6.07) is 7.21. The molecule has 12 heteroatoms. The van der Waals surface area contributed by atoms with Crippen LogP contribution in [-0.4, -0.2) is 47.2 Å². The van der Waals surface area contributed by atoms with Gasteiger partial charge in [0.1, 0.15) is 0 Å². The summed E-state index contributed by atoms with van der Waals surface area (Å²) in [6.07, 6.45) is -1.50. The van der Waals surface area contributed by atoms with Gasteiger partial charge in [0.2, 0.25) is 10.0 Å². The zero-order chi connectivity index (χ0) is 24.6. The Morgan fingerprint density at radius 1 is 1.00 bits per heavy atom. The number of amides is 1. The molecule has 2 aromatic rings. The quantitative estimate of drug-likeness (QED) is 0.466. The molecule has 1 amide bonds. The van der Waals surface area contributed by atoms with Gasteiger partial charge in [-0.05, 0) is 42.8 Å². The van der Waals surface area contributed by atoms with E-state index in [1.165, 1.54) is 21.1 Å². The van der Waals surface area contributed by atoms with Gasteiger partial charge in [-0.25, -0.2) is 21.9 Å². The van der Waals surface area contributed by atoms with Crippen LogP contribution in [0.15, 0.2) is 41.3 Å². The van der Waals surface area contributed by atoms with Crippen LogP contribution < -0.4 is 19.5 Å². The van der Waals surface area contributed by atoms with Crippen LogP contribution in [0.2, 0.25) is 0 Å². The highest BCUT2D eigenvalue weighted by molar-refractivity contribution is 7.89. The fourth-order valence-corrected chi connectivity index (χ4v) is 3.69. The molecule has 0 heterocycles. The molecule has 9 nitrogen and oxygen atoms in total. The van der Waals surface area contributed by atoms with Gasteiger partial charge in [-0.15, -0.1) is 0 Å². The number of carbonyl (C=O) groups excluding carboxylic acids is 2.